The van der Waals surface area contributed by atoms with Gasteiger partial charge in [0.2, 0.25) is 0 Å². The fourth-order valence-electron chi connectivity index (χ4n) is 2.71. The fraction of sp³-hybridized carbons (Fsp3) is 0.842. The van der Waals surface area contributed by atoms with E-state index in [1.165, 1.54) is 37.1 Å². The molecule has 0 aliphatic heterocycles. The third kappa shape index (κ3) is 4.59. The summed E-state index contributed by atoms with van der Waals surface area (Å²) in [4.78, 5) is 8.73. The number of H-pyrrole nitrogens is 1. The molecule has 0 fully saturated rings. The van der Waals surface area contributed by atoms with Gasteiger partial charge in [0, 0.05) is 21.9 Å². The van der Waals surface area contributed by atoms with Crippen LogP contribution in [0.5, 0.6) is 0 Å². The molecule has 0 saturated heterocycles. The Balaban J connectivity index is 3.18. The van der Waals surface area contributed by atoms with Crippen molar-refractivity contribution in [2.75, 3.05) is 0 Å². The summed E-state index contributed by atoms with van der Waals surface area (Å²) >= 11 is 0. The lowest BCUT2D eigenvalue weighted by atomic mass is 9.82. The molecule has 1 heterocycles. The molecule has 1 rings (SSSR count). The van der Waals surface area contributed by atoms with Crippen molar-refractivity contribution in [3.05, 3.63) is 17.2 Å². The minimum Gasteiger partial charge on any atom is -0.345 e. The van der Waals surface area contributed by atoms with Crippen molar-refractivity contribution >= 4 is 0 Å². The van der Waals surface area contributed by atoms with Crippen LogP contribution >= 0.6 is 0 Å². The predicted molar refractivity (Wildman–Crippen MR) is 93.2 cm³/mol. The maximum Gasteiger partial charge on any atom is 0.112 e. The number of nitrogens with one attached hydrogen (secondary N) is 1. The van der Waals surface area contributed by atoms with E-state index >= 15 is 0 Å². The standard InChI is InChI=1S/C19H36N2/c1-10-11-12-13-19(8,9)16-20-14(17(2,3)4)15(21-16)18(5,6)7/h10-13H2,1-9H3,(H,20,21). The molecule has 0 bridgehead atoms. The zero-order valence-corrected chi connectivity index (χ0v) is 15.8. The van der Waals surface area contributed by atoms with Gasteiger partial charge in [0.25, 0.3) is 0 Å². The summed E-state index contributed by atoms with van der Waals surface area (Å²) < 4.78 is 0. The molecule has 122 valence electrons. The lowest BCUT2D eigenvalue weighted by molar-refractivity contribution is 0.426. The molecule has 1 N–H and O–H groups in total. The van der Waals surface area contributed by atoms with Crippen LogP contribution in [0.4, 0.5) is 0 Å². The maximum atomic E-state index is 5.04. The minimum atomic E-state index is 0.0802. The first-order valence-electron chi connectivity index (χ1n) is 8.51. The van der Waals surface area contributed by atoms with Crippen molar-refractivity contribution in [1.82, 2.24) is 9.97 Å². The Morgan fingerprint density at radius 1 is 0.857 bits per heavy atom. The molecular weight excluding hydrogens is 256 g/mol. The molecule has 21 heavy (non-hydrogen) atoms. The molecule has 0 radical (unpaired) electrons. The summed E-state index contributed by atoms with van der Waals surface area (Å²) in [5, 5.41) is 0. The van der Waals surface area contributed by atoms with E-state index in [0.717, 1.165) is 5.82 Å². The number of imidazole rings is 1. The van der Waals surface area contributed by atoms with E-state index in [-0.39, 0.29) is 16.2 Å². The Kier molecular flexibility index (Phi) is 5.34. The summed E-state index contributed by atoms with van der Waals surface area (Å²) in [6, 6.07) is 0. The van der Waals surface area contributed by atoms with Crippen molar-refractivity contribution in [2.45, 2.75) is 104 Å². The van der Waals surface area contributed by atoms with Gasteiger partial charge in [-0.1, -0.05) is 81.6 Å². The van der Waals surface area contributed by atoms with Crippen LogP contribution in [0, 0.1) is 0 Å². The largest absolute Gasteiger partial charge is 0.345 e. The third-order valence-electron chi connectivity index (χ3n) is 4.21. The average Bonchev–Trinajstić information content (AvgIpc) is 2.73. The molecule has 0 atom stereocenters. The first-order chi connectivity index (χ1) is 9.39. The highest BCUT2D eigenvalue weighted by molar-refractivity contribution is 5.30. The highest BCUT2D eigenvalue weighted by Gasteiger charge is 2.33. The molecule has 1 aromatic rings. The number of nitrogens with zero attached hydrogens (tertiary/aromatic N) is 1. The number of rotatable bonds is 5. The summed E-state index contributed by atoms with van der Waals surface area (Å²) in [6.45, 7) is 20.5. The number of hydrogen-bond donors (Lipinski definition) is 1. The monoisotopic (exact) mass is 292 g/mol. The highest BCUT2D eigenvalue weighted by atomic mass is 15.0. The van der Waals surface area contributed by atoms with Gasteiger partial charge in [0.1, 0.15) is 5.82 Å². The fourth-order valence-corrected chi connectivity index (χ4v) is 2.71. The van der Waals surface area contributed by atoms with E-state index in [9.17, 15) is 0 Å². The highest BCUT2D eigenvalue weighted by Crippen LogP contribution is 2.36. The Morgan fingerprint density at radius 3 is 1.81 bits per heavy atom. The quantitative estimate of drug-likeness (QED) is 0.676. The van der Waals surface area contributed by atoms with E-state index in [1.54, 1.807) is 0 Å². The molecular formula is C19H36N2. The number of hydrogen-bond acceptors (Lipinski definition) is 1. The molecule has 1 aromatic heterocycles. The van der Waals surface area contributed by atoms with E-state index in [2.05, 4.69) is 67.3 Å². The van der Waals surface area contributed by atoms with Crippen LogP contribution in [0.1, 0.15) is 105 Å². The molecule has 0 aliphatic carbocycles. The molecule has 0 aliphatic rings. The molecule has 2 nitrogen and oxygen atoms in total. The smallest absolute Gasteiger partial charge is 0.112 e. The summed E-state index contributed by atoms with van der Waals surface area (Å²) in [5.41, 5.74) is 2.84. The first-order valence-corrected chi connectivity index (χ1v) is 8.51. The van der Waals surface area contributed by atoms with Gasteiger partial charge >= 0.3 is 0 Å². The third-order valence-corrected chi connectivity index (χ3v) is 4.21. The van der Waals surface area contributed by atoms with Crippen LogP contribution < -0.4 is 0 Å². The van der Waals surface area contributed by atoms with Crippen molar-refractivity contribution < 1.29 is 0 Å². The van der Waals surface area contributed by atoms with E-state index in [4.69, 9.17) is 4.98 Å². The molecule has 2 heteroatoms. The Morgan fingerprint density at radius 2 is 1.43 bits per heavy atom. The second-order valence-corrected chi connectivity index (χ2v) is 9.15. The van der Waals surface area contributed by atoms with E-state index < -0.39 is 0 Å². The molecule has 0 spiro atoms. The second-order valence-electron chi connectivity index (χ2n) is 9.15. The number of aromatic amines is 1. The van der Waals surface area contributed by atoms with Gasteiger partial charge < -0.3 is 4.98 Å². The predicted octanol–water partition coefficient (Wildman–Crippen LogP) is 5.86. The molecule has 0 amide bonds. The van der Waals surface area contributed by atoms with Gasteiger partial charge in [-0.3, -0.25) is 0 Å². The van der Waals surface area contributed by atoms with Crippen LogP contribution in [0.2, 0.25) is 0 Å². The van der Waals surface area contributed by atoms with Crippen LogP contribution in [-0.4, -0.2) is 9.97 Å². The van der Waals surface area contributed by atoms with Gasteiger partial charge in [-0.15, -0.1) is 0 Å². The van der Waals surface area contributed by atoms with Crippen molar-refractivity contribution in [3.8, 4) is 0 Å². The SMILES string of the molecule is CCCCCC(C)(C)c1nc(C(C)(C)C)c(C(C)(C)C)[nH]1. The molecule has 0 unspecified atom stereocenters. The zero-order chi connectivity index (χ0) is 16.5. The molecule has 0 saturated carbocycles. The van der Waals surface area contributed by atoms with E-state index in [1.807, 2.05) is 0 Å². The van der Waals surface area contributed by atoms with Crippen molar-refractivity contribution in [3.63, 3.8) is 0 Å². The van der Waals surface area contributed by atoms with Gasteiger partial charge in [-0.25, -0.2) is 4.98 Å². The Hall–Kier alpha value is -0.790. The van der Waals surface area contributed by atoms with Gasteiger partial charge in [-0.2, -0.15) is 0 Å². The van der Waals surface area contributed by atoms with Gasteiger partial charge in [0.15, 0.2) is 0 Å². The maximum absolute atomic E-state index is 5.04. The summed E-state index contributed by atoms with van der Waals surface area (Å²) in [7, 11) is 0. The number of unbranched alkanes of at least 4 members (excludes halogenated alkanes) is 2. The zero-order valence-electron chi connectivity index (χ0n) is 15.8. The van der Waals surface area contributed by atoms with Gasteiger partial charge in [0.05, 0.1) is 5.69 Å². The van der Waals surface area contributed by atoms with Crippen LogP contribution in [0.15, 0.2) is 0 Å². The van der Waals surface area contributed by atoms with E-state index in [0.29, 0.717) is 0 Å². The van der Waals surface area contributed by atoms with Gasteiger partial charge in [-0.05, 0) is 6.42 Å². The van der Waals surface area contributed by atoms with Crippen molar-refractivity contribution in [2.24, 2.45) is 0 Å². The normalized spacial score (nSPS) is 13.8. The van der Waals surface area contributed by atoms with Crippen LogP contribution in [0.25, 0.3) is 0 Å². The lowest BCUT2D eigenvalue weighted by Crippen LogP contribution is -2.21. The minimum absolute atomic E-state index is 0.0802. The Bertz CT molecular complexity index is 421. The second kappa shape index (κ2) is 6.14. The number of aromatic nitrogens is 2. The first kappa shape index (κ1) is 18.3. The van der Waals surface area contributed by atoms with Crippen molar-refractivity contribution in [1.29, 1.82) is 0 Å². The topological polar surface area (TPSA) is 28.7 Å². The average molecular weight is 293 g/mol. The summed E-state index contributed by atoms with van der Waals surface area (Å²) in [5.74, 6) is 1.16. The lowest BCUT2D eigenvalue weighted by Gasteiger charge is -2.24. The Labute approximate surface area is 132 Å². The van der Waals surface area contributed by atoms with Crippen LogP contribution in [0.3, 0.4) is 0 Å². The summed E-state index contributed by atoms with van der Waals surface area (Å²) in [6.07, 6.45) is 5.05. The van der Waals surface area contributed by atoms with Crippen LogP contribution in [-0.2, 0) is 16.2 Å². The molecule has 0 aromatic carbocycles.